The van der Waals surface area contributed by atoms with Gasteiger partial charge in [0.15, 0.2) is 5.78 Å². The van der Waals surface area contributed by atoms with E-state index in [4.69, 9.17) is 14.6 Å². The Kier molecular flexibility index (Phi) is 6.63. The van der Waals surface area contributed by atoms with Crippen LogP contribution in [-0.4, -0.2) is 67.5 Å². The molecule has 1 atom stereocenters. The van der Waals surface area contributed by atoms with E-state index in [0.717, 1.165) is 36.9 Å². The molecule has 2 aromatic rings. The van der Waals surface area contributed by atoms with Crippen molar-refractivity contribution >= 4 is 16.7 Å². The van der Waals surface area contributed by atoms with Gasteiger partial charge in [0.25, 0.3) is 0 Å². The molecule has 5 rings (SSSR count). The second kappa shape index (κ2) is 9.37. The highest BCUT2D eigenvalue weighted by Crippen LogP contribution is 2.35. The zero-order chi connectivity index (χ0) is 20.2. The number of benzene rings is 1. The molecule has 0 aliphatic carbocycles. The van der Waals surface area contributed by atoms with E-state index < -0.39 is 0 Å². The van der Waals surface area contributed by atoms with E-state index in [1.807, 2.05) is 4.68 Å². The van der Waals surface area contributed by atoms with Gasteiger partial charge in [-0.05, 0) is 68.3 Å². The average molecular weight is 400 g/mol. The topological polar surface area (TPSA) is 56.6 Å². The molecule has 0 spiro atoms. The number of nitrogens with zero attached hydrogens (tertiary/aromatic N) is 3. The van der Waals surface area contributed by atoms with E-state index in [2.05, 4.69) is 23.1 Å². The van der Waals surface area contributed by atoms with Crippen LogP contribution in [0.1, 0.15) is 41.7 Å². The first-order valence-corrected chi connectivity index (χ1v) is 10.9. The van der Waals surface area contributed by atoms with Crippen molar-refractivity contribution in [3.63, 3.8) is 0 Å². The van der Waals surface area contributed by atoms with Gasteiger partial charge in [0, 0.05) is 39.2 Å². The maximum Gasteiger partial charge on any atom is 0.184 e. The number of hydrogen-bond donors (Lipinski definition) is 0. The molecular formula is C23H33N3O3. The first-order valence-electron chi connectivity index (χ1n) is 10.9. The lowest BCUT2D eigenvalue weighted by atomic mass is 9.76. The van der Waals surface area contributed by atoms with Crippen LogP contribution in [0.25, 0.3) is 10.9 Å². The monoisotopic (exact) mass is 399 g/mol. The summed E-state index contributed by atoms with van der Waals surface area (Å²) in [6, 6.07) is 6.40. The molecule has 3 saturated heterocycles. The van der Waals surface area contributed by atoms with Crippen LogP contribution in [0.15, 0.2) is 18.2 Å². The number of ketones is 1. The molecule has 3 aliphatic rings. The molecule has 6 heteroatoms. The molecule has 0 N–H and O–H groups in total. The maximum atomic E-state index is 13.3. The summed E-state index contributed by atoms with van der Waals surface area (Å²) in [7, 11) is 3.42. The third-order valence-corrected chi connectivity index (χ3v) is 6.64. The summed E-state index contributed by atoms with van der Waals surface area (Å²) in [5.41, 5.74) is 2.90. The molecule has 1 aromatic carbocycles. The predicted molar refractivity (Wildman–Crippen MR) is 113 cm³/mol. The number of hydrogen-bond acceptors (Lipinski definition) is 5. The molecule has 0 radical (unpaired) electrons. The minimum Gasteiger partial charge on any atom is -0.385 e. The Hall–Kier alpha value is -1.76. The van der Waals surface area contributed by atoms with E-state index in [-0.39, 0.29) is 5.78 Å². The molecule has 29 heavy (non-hydrogen) atoms. The summed E-state index contributed by atoms with van der Waals surface area (Å²) in [6.07, 6.45) is 5.02. The highest BCUT2D eigenvalue weighted by atomic mass is 16.5. The standard InChI is InChI=1S/C23H33N3O3/c1-28-12-3-4-17-5-6-21-20(14-17)23(24-26(21)11-13-29-2)22(27)15-19-16-25-9-7-18(19)8-10-25/h5-6,14,18-19H,3-4,7-13,15-16H2,1-2H3/t19-/m1/s1. The fourth-order valence-electron chi connectivity index (χ4n) is 5.01. The first-order chi connectivity index (χ1) is 14.2. The van der Waals surface area contributed by atoms with Gasteiger partial charge < -0.3 is 14.4 Å². The number of piperidine rings is 3. The summed E-state index contributed by atoms with van der Waals surface area (Å²) >= 11 is 0. The minimum absolute atomic E-state index is 0.193. The summed E-state index contributed by atoms with van der Waals surface area (Å²) in [5.74, 6) is 1.38. The number of Topliss-reactive ketones (excluding diaryl/α,β-unsaturated/α-hetero) is 1. The quantitative estimate of drug-likeness (QED) is 0.454. The van der Waals surface area contributed by atoms with Crippen molar-refractivity contribution in [2.24, 2.45) is 11.8 Å². The Morgan fingerprint density at radius 3 is 2.66 bits per heavy atom. The Morgan fingerprint density at radius 1 is 1.17 bits per heavy atom. The van der Waals surface area contributed by atoms with Crippen molar-refractivity contribution in [2.45, 2.75) is 38.6 Å². The summed E-state index contributed by atoms with van der Waals surface area (Å²) in [6.45, 7) is 5.46. The molecule has 2 bridgehead atoms. The van der Waals surface area contributed by atoms with Gasteiger partial charge in [0.05, 0.1) is 18.7 Å². The number of aromatic nitrogens is 2. The molecule has 0 unspecified atom stereocenters. The molecule has 3 fully saturated rings. The fourth-order valence-corrected chi connectivity index (χ4v) is 5.01. The summed E-state index contributed by atoms with van der Waals surface area (Å²) in [5, 5.41) is 5.73. The number of ether oxygens (including phenoxy) is 2. The minimum atomic E-state index is 0.193. The number of aryl methyl sites for hydroxylation is 1. The van der Waals surface area contributed by atoms with Crippen molar-refractivity contribution in [1.82, 2.24) is 14.7 Å². The average Bonchev–Trinajstić information content (AvgIpc) is 3.11. The van der Waals surface area contributed by atoms with Gasteiger partial charge in [-0.15, -0.1) is 0 Å². The molecule has 4 heterocycles. The maximum absolute atomic E-state index is 13.3. The van der Waals surface area contributed by atoms with Crippen molar-refractivity contribution in [3.05, 3.63) is 29.5 Å². The second-order valence-electron chi connectivity index (χ2n) is 8.54. The number of methoxy groups -OCH3 is 2. The third-order valence-electron chi connectivity index (χ3n) is 6.64. The zero-order valence-corrected chi connectivity index (χ0v) is 17.7. The molecule has 6 nitrogen and oxygen atoms in total. The lowest BCUT2D eigenvalue weighted by Gasteiger charge is -2.44. The molecule has 1 aromatic heterocycles. The van der Waals surface area contributed by atoms with Crippen LogP contribution in [0, 0.1) is 11.8 Å². The number of carbonyl (C=O) groups excluding carboxylic acids is 1. The van der Waals surface area contributed by atoms with E-state index in [9.17, 15) is 4.79 Å². The lowest BCUT2D eigenvalue weighted by Crippen LogP contribution is -2.47. The Bertz CT molecular complexity index is 839. The molecule has 0 saturated carbocycles. The Labute approximate surface area is 173 Å². The molecule has 3 aliphatic heterocycles. The predicted octanol–water partition coefficient (Wildman–Crippen LogP) is 3.18. The first kappa shape index (κ1) is 20.5. The van der Waals surface area contributed by atoms with E-state index in [1.54, 1.807) is 14.2 Å². The van der Waals surface area contributed by atoms with Gasteiger partial charge in [-0.3, -0.25) is 9.48 Å². The number of fused-ring (bicyclic) bond motifs is 4. The van der Waals surface area contributed by atoms with Gasteiger partial charge in [0.1, 0.15) is 5.69 Å². The molecule has 158 valence electrons. The van der Waals surface area contributed by atoms with Gasteiger partial charge in [-0.25, -0.2) is 0 Å². The van der Waals surface area contributed by atoms with Gasteiger partial charge >= 0.3 is 0 Å². The van der Waals surface area contributed by atoms with Crippen LogP contribution >= 0.6 is 0 Å². The number of carbonyl (C=O) groups is 1. The van der Waals surface area contributed by atoms with Gasteiger partial charge in [-0.2, -0.15) is 5.10 Å². The lowest BCUT2D eigenvalue weighted by molar-refractivity contribution is 0.0439. The number of rotatable bonds is 10. The molecular weight excluding hydrogens is 366 g/mol. The SMILES string of the molecule is COCCCc1ccc2c(c1)c(C(=O)C[C@@H]1CN3CCC1CC3)nn2CCOC. The van der Waals surface area contributed by atoms with Crippen LogP contribution in [0.5, 0.6) is 0 Å². The van der Waals surface area contributed by atoms with Crippen molar-refractivity contribution < 1.29 is 14.3 Å². The zero-order valence-electron chi connectivity index (χ0n) is 17.7. The van der Waals surface area contributed by atoms with Crippen molar-refractivity contribution in [1.29, 1.82) is 0 Å². The highest BCUT2D eigenvalue weighted by molar-refractivity contribution is 6.06. The molecule has 0 amide bonds. The van der Waals surface area contributed by atoms with Crippen molar-refractivity contribution in [2.75, 3.05) is 47.1 Å². The Morgan fingerprint density at radius 2 is 1.97 bits per heavy atom. The van der Waals surface area contributed by atoms with Crippen molar-refractivity contribution in [3.8, 4) is 0 Å². The van der Waals surface area contributed by atoms with E-state index in [0.29, 0.717) is 37.1 Å². The van der Waals surface area contributed by atoms with Crippen LogP contribution in [-0.2, 0) is 22.4 Å². The normalized spacial score (nSPS) is 23.7. The summed E-state index contributed by atoms with van der Waals surface area (Å²) in [4.78, 5) is 15.8. The van der Waals surface area contributed by atoms with Crippen LogP contribution in [0.2, 0.25) is 0 Å². The highest BCUT2D eigenvalue weighted by Gasteiger charge is 2.35. The smallest absolute Gasteiger partial charge is 0.184 e. The van der Waals surface area contributed by atoms with Gasteiger partial charge in [0.2, 0.25) is 0 Å². The van der Waals surface area contributed by atoms with E-state index in [1.165, 1.54) is 31.5 Å². The fraction of sp³-hybridized carbons (Fsp3) is 0.652. The van der Waals surface area contributed by atoms with Crippen LogP contribution in [0.4, 0.5) is 0 Å². The summed E-state index contributed by atoms with van der Waals surface area (Å²) < 4.78 is 12.4. The van der Waals surface area contributed by atoms with E-state index >= 15 is 0 Å². The van der Waals surface area contributed by atoms with Crippen LogP contribution < -0.4 is 0 Å². The largest absolute Gasteiger partial charge is 0.385 e. The Balaban J connectivity index is 1.58. The third kappa shape index (κ3) is 4.55. The second-order valence-corrected chi connectivity index (χ2v) is 8.54. The van der Waals surface area contributed by atoms with Crippen LogP contribution in [0.3, 0.4) is 0 Å². The van der Waals surface area contributed by atoms with Gasteiger partial charge in [-0.1, -0.05) is 6.07 Å².